The van der Waals surface area contributed by atoms with Crippen molar-refractivity contribution in [2.24, 2.45) is 4.99 Å². The number of allylic oxidation sites excluding steroid dienone is 2. The molecule has 0 fully saturated rings. The van der Waals surface area contributed by atoms with Crippen molar-refractivity contribution in [1.29, 1.82) is 0 Å². The molecule has 2 atom stereocenters. The Morgan fingerprint density at radius 3 is 2.71 bits per heavy atom. The van der Waals surface area contributed by atoms with Gasteiger partial charge in [0, 0.05) is 4.43 Å². The Hall–Kier alpha value is -2.54. The number of nitrogens with zero attached hydrogens (tertiary/aromatic N) is 3. The van der Waals surface area contributed by atoms with E-state index >= 15 is 0 Å². The summed E-state index contributed by atoms with van der Waals surface area (Å²) in [5.74, 6) is -0.0499. The Morgan fingerprint density at radius 1 is 1.25 bits per heavy atom. The number of nitrogen functional groups attached to an aromatic ring is 1. The van der Waals surface area contributed by atoms with Gasteiger partial charge in [0.1, 0.15) is 10.6 Å². The minimum atomic E-state index is -0.0499. The number of nitrogens with two attached hydrogens (primary N) is 1. The maximum absolute atomic E-state index is 12.6. The van der Waals surface area contributed by atoms with E-state index in [2.05, 4.69) is 11.1 Å². The van der Waals surface area contributed by atoms with Crippen LogP contribution < -0.4 is 10.2 Å². The number of hydrogen-bond donors (Lipinski definition) is 2. The van der Waals surface area contributed by atoms with Crippen molar-refractivity contribution in [3.63, 3.8) is 0 Å². The Balaban J connectivity index is 1.97. The predicted octanol–water partition coefficient (Wildman–Crippen LogP) is 2.35. The third-order valence-electron chi connectivity index (χ3n) is 4.48. The largest absolute Gasteiger partial charge is 0.427 e. The Morgan fingerprint density at radius 2 is 1.96 bits per heavy atom. The number of hydrogen-bond acceptors (Lipinski definition) is 5. The number of thioether (sulfide) groups is 1. The summed E-state index contributed by atoms with van der Waals surface area (Å²) in [6.07, 6.45) is 7.99. The second-order valence-electron chi connectivity index (χ2n) is 6.04. The van der Waals surface area contributed by atoms with Gasteiger partial charge in [-0.25, -0.2) is 0 Å². The molecular formula is C17H17N4O2S+. The summed E-state index contributed by atoms with van der Waals surface area (Å²) in [5.41, 5.74) is 9.01. The molecule has 0 saturated carbocycles. The minimum Gasteiger partial charge on any atom is -0.427 e. The number of fused-ring (bicyclic) bond motifs is 2. The topological polar surface area (TPSA) is 86.5 Å². The van der Waals surface area contributed by atoms with E-state index < -0.39 is 0 Å². The van der Waals surface area contributed by atoms with Crippen LogP contribution in [0.4, 0.5) is 5.82 Å². The highest BCUT2D eigenvalue weighted by Crippen LogP contribution is 2.35. The number of rotatable bonds is 1. The van der Waals surface area contributed by atoms with Crippen molar-refractivity contribution < 1.29 is 9.63 Å². The second kappa shape index (κ2) is 5.24. The summed E-state index contributed by atoms with van der Waals surface area (Å²) in [4.78, 5) is 17.2. The first-order valence-electron chi connectivity index (χ1n) is 7.64. The average Bonchev–Trinajstić information content (AvgIpc) is 2.98. The van der Waals surface area contributed by atoms with Crippen molar-refractivity contribution >= 4 is 33.7 Å². The molecule has 0 amide bonds. The molecule has 6 nitrogen and oxygen atoms in total. The highest BCUT2D eigenvalue weighted by molar-refractivity contribution is 8.15. The molecule has 1 aliphatic carbocycles. The third kappa shape index (κ3) is 2.08. The molecule has 1 aliphatic heterocycles. The minimum absolute atomic E-state index is 0.00459. The lowest BCUT2D eigenvalue weighted by Crippen LogP contribution is -2.28. The van der Waals surface area contributed by atoms with Gasteiger partial charge >= 0.3 is 5.82 Å². The van der Waals surface area contributed by atoms with E-state index in [-0.39, 0.29) is 22.8 Å². The first kappa shape index (κ1) is 15.0. The van der Waals surface area contributed by atoms with Crippen molar-refractivity contribution in [1.82, 2.24) is 4.73 Å². The van der Waals surface area contributed by atoms with Crippen molar-refractivity contribution in [2.75, 3.05) is 5.73 Å². The quantitative estimate of drug-likeness (QED) is 0.616. The summed E-state index contributed by atoms with van der Waals surface area (Å²) in [7, 11) is 0. The van der Waals surface area contributed by atoms with Gasteiger partial charge in [0.2, 0.25) is 11.2 Å². The van der Waals surface area contributed by atoms with E-state index in [1.54, 1.807) is 12.1 Å². The SMILES string of the molecule is Cc1cc2c(cc1C)[n+](=O)c(N)c(C1=N[C@H]3C=CC=C[C@H]3S1)n2O. The molecule has 2 aliphatic rings. The Bertz CT molecular complexity index is 1020. The first-order valence-corrected chi connectivity index (χ1v) is 8.52. The molecule has 0 bridgehead atoms. The van der Waals surface area contributed by atoms with Gasteiger partial charge in [-0.05, 0) is 37.1 Å². The van der Waals surface area contributed by atoms with Crippen LogP contribution >= 0.6 is 11.8 Å². The highest BCUT2D eigenvalue weighted by Gasteiger charge is 2.34. The van der Waals surface area contributed by atoms with Gasteiger partial charge < -0.3 is 5.21 Å². The average molecular weight is 341 g/mol. The number of benzene rings is 1. The van der Waals surface area contributed by atoms with Crippen LogP contribution in [0.1, 0.15) is 16.8 Å². The maximum atomic E-state index is 12.6. The Kier molecular flexibility index (Phi) is 3.28. The smallest absolute Gasteiger partial charge is 0.348 e. The highest BCUT2D eigenvalue weighted by atomic mass is 32.2. The van der Waals surface area contributed by atoms with Gasteiger partial charge in [-0.1, -0.05) is 41.0 Å². The fourth-order valence-corrected chi connectivity index (χ4v) is 4.19. The molecule has 0 unspecified atom stereocenters. The zero-order chi connectivity index (χ0) is 17.0. The van der Waals surface area contributed by atoms with Crippen LogP contribution in [0.15, 0.2) is 41.4 Å². The van der Waals surface area contributed by atoms with Crippen molar-refractivity contribution in [3.05, 3.63) is 58.2 Å². The van der Waals surface area contributed by atoms with Gasteiger partial charge in [-0.15, -0.1) is 0 Å². The van der Waals surface area contributed by atoms with Crippen LogP contribution in [0.3, 0.4) is 0 Å². The molecule has 0 spiro atoms. The molecule has 1 aromatic carbocycles. The molecule has 4 rings (SSSR count). The van der Waals surface area contributed by atoms with E-state index in [1.807, 2.05) is 32.1 Å². The van der Waals surface area contributed by atoms with Crippen LogP contribution in [-0.2, 0) is 0 Å². The standard InChI is InChI=1S/C17H17N4O2S/c1-9-7-12-13(8-10(9)2)21(23)16(18)15(20(12)22)17-19-11-5-3-4-6-14(11)24-17/h3-8,11,14,22H,18H2,1-2H3/q+1/t11-,14+/m0/s1. The molecule has 24 heavy (non-hydrogen) atoms. The fraction of sp³-hybridized carbons (Fsp3) is 0.235. The van der Waals surface area contributed by atoms with Gasteiger partial charge in [-0.2, -0.15) is 4.73 Å². The zero-order valence-electron chi connectivity index (χ0n) is 13.3. The fourth-order valence-electron chi connectivity index (χ4n) is 2.99. The van der Waals surface area contributed by atoms with Crippen LogP contribution in [0.25, 0.3) is 11.0 Å². The molecule has 0 saturated heterocycles. The summed E-state index contributed by atoms with van der Waals surface area (Å²) in [5, 5.41) is 11.5. The molecule has 122 valence electrons. The molecule has 2 aromatic rings. The van der Waals surface area contributed by atoms with E-state index in [9.17, 15) is 10.1 Å². The molecule has 2 heterocycles. The lowest BCUT2D eigenvalue weighted by Gasteiger charge is -2.12. The summed E-state index contributed by atoms with van der Waals surface area (Å²) in [6.45, 7) is 3.85. The summed E-state index contributed by atoms with van der Waals surface area (Å²) >= 11 is 1.50. The number of aromatic nitrogens is 2. The zero-order valence-corrected chi connectivity index (χ0v) is 14.1. The van der Waals surface area contributed by atoms with E-state index in [0.29, 0.717) is 20.5 Å². The lowest BCUT2D eigenvalue weighted by molar-refractivity contribution is -0.448. The summed E-state index contributed by atoms with van der Waals surface area (Å²) < 4.78 is 1.66. The number of aliphatic imine (C=N–C) groups is 1. The molecule has 7 heteroatoms. The lowest BCUT2D eigenvalue weighted by atomic mass is 10.1. The van der Waals surface area contributed by atoms with Crippen molar-refractivity contribution in [3.8, 4) is 0 Å². The van der Waals surface area contributed by atoms with Gasteiger partial charge in [0.15, 0.2) is 0 Å². The number of aryl methyl sites for hydroxylation is 2. The maximum Gasteiger partial charge on any atom is 0.348 e. The van der Waals surface area contributed by atoms with Gasteiger partial charge in [0.25, 0.3) is 0 Å². The summed E-state index contributed by atoms with van der Waals surface area (Å²) in [6, 6.07) is 3.53. The first-order chi connectivity index (χ1) is 11.5. The third-order valence-corrected chi connectivity index (χ3v) is 5.71. The molecular weight excluding hydrogens is 324 g/mol. The predicted molar refractivity (Wildman–Crippen MR) is 96.4 cm³/mol. The second-order valence-corrected chi connectivity index (χ2v) is 7.21. The van der Waals surface area contributed by atoms with Crippen LogP contribution in [-0.4, -0.2) is 26.3 Å². The van der Waals surface area contributed by atoms with Gasteiger partial charge in [0.05, 0.1) is 11.3 Å². The van der Waals surface area contributed by atoms with E-state index in [1.165, 1.54) is 11.8 Å². The van der Waals surface area contributed by atoms with Crippen molar-refractivity contribution in [2.45, 2.75) is 25.1 Å². The monoisotopic (exact) mass is 341 g/mol. The van der Waals surface area contributed by atoms with E-state index in [4.69, 9.17) is 5.73 Å². The van der Waals surface area contributed by atoms with Crippen LogP contribution in [0.5, 0.6) is 0 Å². The Labute approximate surface area is 142 Å². The van der Waals surface area contributed by atoms with Gasteiger partial charge in [-0.3, -0.25) is 10.7 Å². The van der Waals surface area contributed by atoms with Crippen LogP contribution in [0.2, 0.25) is 0 Å². The normalized spacial score (nSPS) is 22.0. The molecule has 0 radical (unpaired) electrons. The number of anilines is 1. The molecule has 1 aromatic heterocycles. The van der Waals surface area contributed by atoms with Crippen LogP contribution in [0, 0.1) is 18.8 Å². The van der Waals surface area contributed by atoms with E-state index in [0.717, 1.165) is 15.9 Å². The molecule has 3 N–H and O–H groups in total.